The van der Waals surface area contributed by atoms with Gasteiger partial charge >= 0.3 is 6.09 Å². The molecule has 1 amide bonds. The van der Waals surface area contributed by atoms with Crippen molar-refractivity contribution in [1.29, 1.82) is 0 Å². The third-order valence-electron chi connectivity index (χ3n) is 7.19. The largest absolute Gasteiger partial charge is 0.493 e. The molecule has 0 spiro atoms. The number of nitrogens with zero attached hydrogens (tertiary/aromatic N) is 3. The number of alkyl carbamates (subject to hydrolysis) is 1. The third kappa shape index (κ3) is 7.99. The summed E-state index contributed by atoms with van der Waals surface area (Å²) in [5.41, 5.74) is 4.56. The molecule has 3 aromatic carbocycles. The summed E-state index contributed by atoms with van der Waals surface area (Å²) >= 11 is 0. The van der Waals surface area contributed by atoms with Crippen LogP contribution in [0.3, 0.4) is 0 Å². The number of amides is 1. The number of aromatic nitrogens is 4. The number of ether oxygens (including phenoxy) is 2. The molecule has 3 aromatic heterocycles. The van der Waals surface area contributed by atoms with Gasteiger partial charge in [0.15, 0.2) is 0 Å². The second-order valence-corrected chi connectivity index (χ2v) is 10.5. The Bertz CT molecular complexity index is 1820. The molecule has 10 nitrogen and oxygen atoms in total. The van der Waals surface area contributed by atoms with E-state index in [1.807, 2.05) is 84.9 Å². The van der Waals surface area contributed by atoms with Crippen LogP contribution < -0.4 is 10.1 Å². The van der Waals surface area contributed by atoms with E-state index >= 15 is 0 Å². The molecule has 6 aromatic rings. The summed E-state index contributed by atoms with van der Waals surface area (Å²) in [4.78, 5) is 38.1. The summed E-state index contributed by atoms with van der Waals surface area (Å²) in [5.74, 6) is 0.410. The molecule has 3 heterocycles. The highest BCUT2D eigenvalue weighted by molar-refractivity contribution is 5.98. The Morgan fingerprint density at radius 3 is 2.40 bits per heavy atom. The van der Waals surface area contributed by atoms with Crippen LogP contribution in [0.5, 0.6) is 5.75 Å². The highest BCUT2D eigenvalue weighted by Gasteiger charge is 2.28. The van der Waals surface area contributed by atoms with Crippen molar-refractivity contribution in [3.05, 3.63) is 144 Å². The number of hydrogen-bond donors (Lipinski definition) is 2. The second-order valence-electron chi connectivity index (χ2n) is 10.5. The van der Waals surface area contributed by atoms with Gasteiger partial charge in [-0.25, -0.2) is 4.79 Å². The van der Waals surface area contributed by atoms with Crippen molar-refractivity contribution in [2.75, 3.05) is 6.61 Å². The predicted octanol–water partition coefficient (Wildman–Crippen LogP) is 5.88. The van der Waals surface area contributed by atoms with E-state index in [4.69, 9.17) is 14.0 Å². The van der Waals surface area contributed by atoms with Gasteiger partial charge in [-0.15, -0.1) is 0 Å². The first kappa shape index (κ1) is 29.3. The maximum absolute atomic E-state index is 13.6. The Hall–Kier alpha value is -5.77. The van der Waals surface area contributed by atoms with Crippen LogP contribution in [0.2, 0.25) is 0 Å². The smallest absolute Gasteiger partial charge is 0.408 e. The number of carbonyl (C=O) groups is 2. The van der Waals surface area contributed by atoms with Gasteiger partial charge < -0.3 is 24.3 Å². The average Bonchev–Trinajstić information content (AvgIpc) is 3.72. The van der Waals surface area contributed by atoms with Gasteiger partial charge in [0, 0.05) is 41.8 Å². The highest BCUT2D eigenvalue weighted by atomic mass is 16.5. The molecule has 0 aliphatic rings. The lowest BCUT2D eigenvalue weighted by Gasteiger charge is -2.15. The summed E-state index contributed by atoms with van der Waals surface area (Å²) < 4.78 is 16.7. The normalized spacial score (nSPS) is 11.6. The van der Waals surface area contributed by atoms with Crippen LogP contribution in [0.1, 0.15) is 38.9 Å². The lowest BCUT2D eigenvalue weighted by molar-refractivity contribution is 0.0903. The zero-order valence-electron chi connectivity index (χ0n) is 24.4. The number of carbonyl (C=O) groups excluding carboxylic acids is 2. The van der Waals surface area contributed by atoms with E-state index in [0.29, 0.717) is 13.0 Å². The van der Waals surface area contributed by atoms with E-state index in [2.05, 4.69) is 37.6 Å². The van der Waals surface area contributed by atoms with Crippen LogP contribution in [0.15, 0.2) is 114 Å². The maximum atomic E-state index is 13.6. The fraction of sp³-hybridized carbons (Fsp3) is 0.171. The molecule has 45 heavy (non-hydrogen) atoms. The van der Waals surface area contributed by atoms with Gasteiger partial charge in [0.1, 0.15) is 18.4 Å². The summed E-state index contributed by atoms with van der Waals surface area (Å²) in [6.07, 6.45) is 3.98. The van der Waals surface area contributed by atoms with Crippen molar-refractivity contribution < 1.29 is 23.6 Å². The SMILES string of the molecule is O=C(NC(Cc1cc2cnccc2[nH]1)C(=O)c1noc(Cc2ccc(OCCc3ccccc3)cc2)n1)OCc1ccccc1. The zero-order chi connectivity index (χ0) is 30.8. The number of pyridine rings is 1. The van der Waals surface area contributed by atoms with Crippen molar-refractivity contribution in [3.63, 3.8) is 0 Å². The van der Waals surface area contributed by atoms with Crippen LogP contribution >= 0.6 is 0 Å². The van der Waals surface area contributed by atoms with Gasteiger partial charge in [-0.2, -0.15) is 4.98 Å². The van der Waals surface area contributed by atoms with Gasteiger partial charge in [-0.3, -0.25) is 9.78 Å². The number of fused-ring (bicyclic) bond motifs is 1. The van der Waals surface area contributed by atoms with Gasteiger partial charge in [0.05, 0.1) is 13.0 Å². The molecule has 0 aliphatic heterocycles. The molecule has 2 N–H and O–H groups in total. The van der Waals surface area contributed by atoms with Gasteiger partial charge in [0.25, 0.3) is 0 Å². The quantitative estimate of drug-likeness (QED) is 0.157. The maximum Gasteiger partial charge on any atom is 0.408 e. The van der Waals surface area contributed by atoms with E-state index < -0.39 is 17.9 Å². The van der Waals surface area contributed by atoms with Crippen molar-refractivity contribution in [1.82, 2.24) is 25.4 Å². The molecule has 10 heteroatoms. The molecule has 0 saturated carbocycles. The Labute approximate surface area is 259 Å². The van der Waals surface area contributed by atoms with E-state index in [0.717, 1.165) is 39.9 Å². The molecule has 1 unspecified atom stereocenters. The number of benzene rings is 3. The number of hydrogen-bond acceptors (Lipinski definition) is 8. The molecule has 6 rings (SSSR count). The van der Waals surface area contributed by atoms with E-state index in [1.165, 1.54) is 5.56 Å². The summed E-state index contributed by atoms with van der Waals surface area (Å²) in [7, 11) is 0. The molecule has 1 atom stereocenters. The van der Waals surface area contributed by atoms with Crippen LogP contribution in [0.4, 0.5) is 4.79 Å². The van der Waals surface area contributed by atoms with Crippen LogP contribution in [-0.4, -0.2) is 44.6 Å². The topological polar surface area (TPSA) is 132 Å². The van der Waals surface area contributed by atoms with Crippen LogP contribution in [0, 0.1) is 0 Å². The predicted molar refractivity (Wildman–Crippen MR) is 167 cm³/mol. The van der Waals surface area contributed by atoms with E-state index in [-0.39, 0.29) is 24.7 Å². The standard InChI is InChI=1S/C35H31N5O5/c41-33(34-39-32(45-40-34)19-25-11-13-29(14-12-25)43-18-16-24-7-3-1-4-8-24)31(21-28-20-27-22-36-17-15-30(27)37-28)38-35(42)44-23-26-9-5-2-6-10-26/h1-15,17,20,22,31,37H,16,18-19,21,23H2,(H,38,42). The molecule has 0 fully saturated rings. The molecular weight excluding hydrogens is 570 g/mol. The Morgan fingerprint density at radius 2 is 1.64 bits per heavy atom. The molecular formula is C35H31N5O5. The highest BCUT2D eigenvalue weighted by Crippen LogP contribution is 2.18. The molecule has 0 aliphatic carbocycles. The number of Topliss-reactive ketones (excluding diaryl/α,β-unsaturated/α-hetero) is 1. The molecule has 0 bridgehead atoms. The zero-order valence-corrected chi connectivity index (χ0v) is 24.4. The lowest BCUT2D eigenvalue weighted by Crippen LogP contribution is -2.43. The summed E-state index contributed by atoms with van der Waals surface area (Å²) in [5, 5.41) is 7.51. The fourth-order valence-corrected chi connectivity index (χ4v) is 4.87. The minimum atomic E-state index is -1.01. The van der Waals surface area contributed by atoms with Gasteiger partial charge in [-0.05, 0) is 41.0 Å². The van der Waals surface area contributed by atoms with Crippen LogP contribution in [-0.2, 0) is 30.6 Å². The average molecular weight is 602 g/mol. The van der Waals surface area contributed by atoms with Crippen molar-refractivity contribution in [2.45, 2.75) is 31.9 Å². The first-order valence-electron chi connectivity index (χ1n) is 14.6. The first-order valence-corrected chi connectivity index (χ1v) is 14.6. The van der Waals surface area contributed by atoms with Gasteiger partial charge in [-0.1, -0.05) is 78.0 Å². The van der Waals surface area contributed by atoms with Gasteiger partial charge in [0.2, 0.25) is 17.5 Å². The van der Waals surface area contributed by atoms with Crippen molar-refractivity contribution >= 4 is 22.8 Å². The van der Waals surface area contributed by atoms with Crippen LogP contribution in [0.25, 0.3) is 10.9 Å². The second kappa shape index (κ2) is 14.1. The first-order chi connectivity index (χ1) is 22.1. The lowest BCUT2D eigenvalue weighted by atomic mass is 10.1. The molecule has 0 radical (unpaired) electrons. The van der Waals surface area contributed by atoms with Crippen molar-refractivity contribution in [3.8, 4) is 5.75 Å². The van der Waals surface area contributed by atoms with E-state index in [1.54, 1.807) is 12.4 Å². The molecule has 226 valence electrons. The van der Waals surface area contributed by atoms with Crippen molar-refractivity contribution in [2.24, 2.45) is 0 Å². The fourth-order valence-electron chi connectivity index (χ4n) is 4.87. The summed E-state index contributed by atoms with van der Waals surface area (Å²) in [6, 6.07) is 29.8. The minimum absolute atomic E-state index is 0.0643. The Morgan fingerprint density at radius 1 is 0.889 bits per heavy atom. The molecule has 0 saturated heterocycles. The van der Waals surface area contributed by atoms with E-state index in [9.17, 15) is 9.59 Å². The Kier molecular flexibility index (Phi) is 9.21. The number of ketones is 1. The monoisotopic (exact) mass is 601 g/mol. The number of rotatable bonds is 13. The number of H-pyrrole nitrogens is 1. The summed E-state index contributed by atoms with van der Waals surface area (Å²) in [6.45, 7) is 0.637. The number of aromatic amines is 1. The third-order valence-corrected chi connectivity index (χ3v) is 7.19. The number of nitrogens with one attached hydrogen (secondary N) is 2. The Balaban J connectivity index is 1.09. The minimum Gasteiger partial charge on any atom is -0.493 e.